The molecule has 0 amide bonds. The van der Waals surface area contributed by atoms with Gasteiger partial charge in [-0.25, -0.2) is 23.3 Å². The molecular weight excluding hydrogens is 380 g/mol. The quantitative estimate of drug-likeness (QED) is 0.520. The summed E-state index contributed by atoms with van der Waals surface area (Å²) >= 11 is 0.892. The number of primary sulfonamides is 1. The molecule has 10 heteroatoms. The number of esters is 1. The Balaban J connectivity index is 1.95. The number of thiazole rings is 1. The lowest BCUT2D eigenvalue weighted by atomic mass is 10.1. The molecule has 0 saturated heterocycles. The number of nitrogens with zero attached hydrogens (tertiary/aromatic N) is 1. The first kappa shape index (κ1) is 18.1. The van der Waals surface area contributed by atoms with Crippen molar-refractivity contribution < 1.29 is 27.4 Å². The number of methoxy groups -OCH3 is 2. The van der Waals surface area contributed by atoms with E-state index in [0.717, 1.165) is 11.3 Å². The van der Waals surface area contributed by atoms with Gasteiger partial charge in [0.1, 0.15) is 22.8 Å². The number of hydrogen-bond acceptors (Lipinski definition) is 8. The van der Waals surface area contributed by atoms with Gasteiger partial charge >= 0.3 is 5.97 Å². The molecule has 0 saturated carbocycles. The highest BCUT2D eigenvalue weighted by Gasteiger charge is 2.21. The smallest absolute Gasteiger partial charge is 0.351 e. The number of sulfonamides is 1. The fourth-order valence-electron chi connectivity index (χ4n) is 2.28. The Morgan fingerprint density at radius 1 is 1.12 bits per heavy atom. The highest BCUT2D eigenvalue weighted by Crippen LogP contribution is 2.31. The van der Waals surface area contributed by atoms with Gasteiger partial charge in [-0.3, -0.25) is 0 Å². The number of aromatic nitrogens is 1. The van der Waals surface area contributed by atoms with E-state index in [1.807, 2.05) is 0 Å². The zero-order valence-electron chi connectivity index (χ0n) is 13.8. The molecule has 1 aromatic heterocycles. The molecule has 2 aromatic carbocycles. The summed E-state index contributed by atoms with van der Waals surface area (Å²) in [4.78, 5) is 16.5. The molecular formula is C16H14N2O6S2. The van der Waals surface area contributed by atoms with Crippen LogP contribution in [0.2, 0.25) is 0 Å². The van der Waals surface area contributed by atoms with Crippen LogP contribution in [-0.2, 0) is 10.0 Å². The van der Waals surface area contributed by atoms with Gasteiger partial charge in [-0.05, 0) is 24.3 Å². The van der Waals surface area contributed by atoms with Crippen LogP contribution in [0.15, 0.2) is 40.7 Å². The third kappa shape index (κ3) is 3.47. The molecule has 0 aliphatic heterocycles. The SMILES string of the molecule is COc1cccc(OC)c1C(=O)Oc1ccc2nc(S(N)(=O)=O)sc2c1. The van der Waals surface area contributed by atoms with Crippen LogP contribution in [0.3, 0.4) is 0 Å². The van der Waals surface area contributed by atoms with E-state index in [-0.39, 0.29) is 15.7 Å². The molecule has 0 bridgehead atoms. The average molecular weight is 394 g/mol. The number of carbonyl (C=O) groups excluding carboxylic acids is 1. The lowest BCUT2D eigenvalue weighted by Crippen LogP contribution is -2.11. The molecule has 0 atom stereocenters. The minimum absolute atomic E-state index is 0.145. The third-order valence-electron chi connectivity index (χ3n) is 3.43. The van der Waals surface area contributed by atoms with Crippen molar-refractivity contribution in [3.8, 4) is 17.2 Å². The zero-order valence-corrected chi connectivity index (χ0v) is 15.4. The summed E-state index contributed by atoms with van der Waals surface area (Å²) in [6.07, 6.45) is 0. The highest BCUT2D eigenvalue weighted by molar-refractivity contribution is 7.91. The standard InChI is InChI=1S/C16H14N2O6S2/c1-22-11-4-3-5-12(23-2)14(11)15(19)24-9-6-7-10-13(8-9)25-16(18-10)26(17,20)21/h3-8H,1-2H3,(H2,17,20,21). The van der Waals surface area contributed by atoms with Crippen LogP contribution in [0.5, 0.6) is 17.2 Å². The lowest BCUT2D eigenvalue weighted by molar-refractivity contribution is 0.0728. The Hall–Kier alpha value is -2.69. The Kier molecular flexibility index (Phi) is 4.81. The second-order valence-corrected chi connectivity index (χ2v) is 7.85. The van der Waals surface area contributed by atoms with E-state index in [1.165, 1.54) is 26.4 Å². The molecule has 3 rings (SSSR count). The zero-order chi connectivity index (χ0) is 18.9. The normalized spacial score (nSPS) is 11.3. The first-order chi connectivity index (χ1) is 12.3. The minimum atomic E-state index is -3.89. The van der Waals surface area contributed by atoms with Crippen LogP contribution < -0.4 is 19.3 Å². The molecule has 8 nitrogen and oxygen atoms in total. The summed E-state index contributed by atoms with van der Waals surface area (Å²) in [7, 11) is -1.03. The molecule has 1 heterocycles. The van der Waals surface area contributed by atoms with Gasteiger partial charge in [-0.2, -0.15) is 0 Å². The molecule has 26 heavy (non-hydrogen) atoms. The van der Waals surface area contributed by atoms with Gasteiger partial charge in [0.15, 0.2) is 0 Å². The van der Waals surface area contributed by atoms with Crippen LogP contribution in [0.25, 0.3) is 10.2 Å². The van der Waals surface area contributed by atoms with Crippen molar-refractivity contribution in [3.05, 3.63) is 42.0 Å². The molecule has 0 radical (unpaired) electrons. The number of carbonyl (C=O) groups is 1. The van der Waals surface area contributed by atoms with Crippen molar-refractivity contribution in [3.63, 3.8) is 0 Å². The summed E-state index contributed by atoms with van der Waals surface area (Å²) in [6, 6.07) is 9.49. The van der Waals surface area contributed by atoms with Crippen molar-refractivity contribution in [2.24, 2.45) is 5.14 Å². The Bertz CT molecular complexity index is 1070. The molecule has 0 unspecified atom stereocenters. The van der Waals surface area contributed by atoms with Gasteiger partial charge in [0, 0.05) is 6.07 Å². The number of fused-ring (bicyclic) bond motifs is 1. The maximum atomic E-state index is 12.6. The average Bonchev–Trinajstić information content (AvgIpc) is 3.04. The van der Waals surface area contributed by atoms with Crippen LogP contribution in [0.1, 0.15) is 10.4 Å². The first-order valence-electron chi connectivity index (χ1n) is 7.20. The summed E-state index contributed by atoms with van der Waals surface area (Å²) < 4.78 is 38.9. The van der Waals surface area contributed by atoms with E-state index in [4.69, 9.17) is 19.3 Å². The molecule has 0 aliphatic rings. The topological polar surface area (TPSA) is 118 Å². The molecule has 3 aromatic rings. The second kappa shape index (κ2) is 6.90. The van der Waals surface area contributed by atoms with Gasteiger partial charge < -0.3 is 14.2 Å². The number of nitrogens with two attached hydrogens (primary N) is 1. The van der Waals surface area contributed by atoms with Crippen molar-refractivity contribution >= 4 is 37.5 Å². The summed E-state index contributed by atoms with van der Waals surface area (Å²) in [6.45, 7) is 0. The van der Waals surface area contributed by atoms with Gasteiger partial charge in [0.25, 0.3) is 10.0 Å². The third-order valence-corrected chi connectivity index (χ3v) is 5.76. The van der Waals surface area contributed by atoms with Gasteiger partial charge in [-0.1, -0.05) is 6.07 Å². The van der Waals surface area contributed by atoms with Crippen LogP contribution in [0.4, 0.5) is 0 Å². The largest absolute Gasteiger partial charge is 0.496 e. The molecule has 0 spiro atoms. The molecule has 2 N–H and O–H groups in total. The van der Waals surface area contributed by atoms with Crippen LogP contribution in [0, 0.1) is 0 Å². The Morgan fingerprint density at radius 3 is 2.35 bits per heavy atom. The Labute approximate surface area is 153 Å². The van der Waals surface area contributed by atoms with E-state index < -0.39 is 16.0 Å². The summed E-state index contributed by atoms with van der Waals surface area (Å²) in [5.41, 5.74) is 0.584. The fraction of sp³-hybridized carbons (Fsp3) is 0.125. The van der Waals surface area contributed by atoms with Crippen molar-refractivity contribution in [1.29, 1.82) is 0 Å². The van der Waals surface area contributed by atoms with Crippen molar-refractivity contribution in [1.82, 2.24) is 4.98 Å². The van der Waals surface area contributed by atoms with Crippen molar-refractivity contribution in [2.45, 2.75) is 4.34 Å². The second-order valence-electron chi connectivity index (χ2n) is 5.08. The first-order valence-corrected chi connectivity index (χ1v) is 9.56. The lowest BCUT2D eigenvalue weighted by Gasteiger charge is -2.12. The number of rotatable bonds is 5. The van der Waals surface area contributed by atoms with E-state index in [1.54, 1.807) is 24.3 Å². The highest BCUT2D eigenvalue weighted by atomic mass is 32.2. The van der Waals surface area contributed by atoms with E-state index in [9.17, 15) is 13.2 Å². The predicted octanol–water partition coefficient (Wildman–Crippen LogP) is 2.18. The minimum Gasteiger partial charge on any atom is -0.496 e. The van der Waals surface area contributed by atoms with Gasteiger partial charge in [0.05, 0.1) is 24.4 Å². The number of benzene rings is 2. The predicted molar refractivity (Wildman–Crippen MR) is 95.5 cm³/mol. The maximum Gasteiger partial charge on any atom is 0.351 e. The Morgan fingerprint density at radius 2 is 1.77 bits per heavy atom. The molecule has 0 aliphatic carbocycles. The van der Waals surface area contributed by atoms with Crippen LogP contribution >= 0.6 is 11.3 Å². The molecule has 0 fully saturated rings. The van der Waals surface area contributed by atoms with E-state index in [2.05, 4.69) is 4.98 Å². The van der Waals surface area contributed by atoms with Crippen molar-refractivity contribution in [2.75, 3.05) is 14.2 Å². The number of ether oxygens (including phenoxy) is 3. The van der Waals surface area contributed by atoms with Gasteiger partial charge in [-0.15, -0.1) is 11.3 Å². The van der Waals surface area contributed by atoms with E-state index in [0.29, 0.717) is 21.7 Å². The maximum absolute atomic E-state index is 12.6. The number of hydrogen-bond donors (Lipinski definition) is 1. The molecule has 136 valence electrons. The monoisotopic (exact) mass is 394 g/mol. The van der Waals surface area contributed by atoms with Gasteiger partial charge in [0.2, 0.25) is 4.34 Å². The fourth-order valence-corrected chi connectivity index (χ4v) is 3.96. The summed E-state index contributed by atoms with van der Waals surface area (Å²) in [5.74, 6) is 0.171. The summed E-state index contributed by atoms with van der Waals surface area (Å²) in [5, 5.41) is 5.09. The van der Waals surface area contributed by atoms with E-state index >= 15 is 0 Å². The van der Waals surface area contributed by atoms with Crippen LogP contribution in [-0.4, -0.2) is 33.6 Å².